The normalized spacial score (nSPS) is 24.7. The summed E-state index contributed by atoms with van der Waals surface area (Å²) in [5, 5.41) is 1.18. The van der Waals surface area contributed by atoms with Crippen LogP contribution in [0.1, 0.15) is 56.4 Å². The van der Waals surface area contributed by atoms with E-state index in [9.17, 15) is 0 Å². The van der Waals surface area contributed by atoms with Crippen LogP contribution in [0.25, 0.3) is 0 Å². The smallest absolute Gasteiger partial charge is 0.185 e. The van der Waals surface area contributed by atoms with Crippen LogP contribution in [0.2, 0.25) is 0 Å². The lowest BCUT2D eigenvalue weighted by Gasteiger charge is -2.39. The number of anilines is 1. The Balaban J connectivity index is 1.64. The number of hydrogen-bond acceptors (Lipinski definition) is 4. The van der Waals surface area contributed by atoms with Gasteiger partial charge in [-0.15, -0.1) is 11.3 Å². The first-order valence-corrected chi connectivity index (χ1v) is 7.96. The van der Waals surface area contributed by atoms with Gasteiger partial charge in [-0.05, 0) is 38.0 Å². The molecule has 100 valence electrons. The van der Waals surface area contributed by atoms with Crippen LogP contribution in [0, 0.1) is 5.41 Å². The van der Waals surface area contributed by atoms with Crippen LogP contribution in [0.4, 0.5) is 5.13 Å². The molecule has 0 bridgehead atoms. The van der Waals surface area contributed by atoms with E-state index in [0.717, 1.165) is 0 Å². The minimum atomic E-state index is 0.113. The van der Waals surface area contributed by atoms with Crippen LogP contribution < -0.4 is 10.6 Å². The molecule has 0 aromatic carbocycles. The maximum Gasteiger partial charge on any atom is 0.185 e. The minimum Gasteiger partial charge on any atom is -0.348 e. The highest BCUT2D eigenvalue weighted by Gasteiger charge is 2.37. The zero-order chi connectivity index (χ0) is 12.6. The van der Waals surface area contributed by atoms with Crippen molar-refractivity contribution in [1.82, 2.24) is 4.98 Å². The van der Waals surface area contributed by atoms with Crippen LogP contribution in [-0.2, 0) is 0 Å². The molecule has 3 rings (SSSR count). The second-order valence-electron chi connectivity index (χ2n) is 6.03. The summed E-state index contributed by atoms with van der Waals surface area (Å²) in [6, 6.07) is 0.113. The summed E-state index contributed by atoms with van der Waals surface area (Å²) >= 11 is 1.77. The molecule has 1 unspecified atom stereocenters. The van der Waals surface area contributed by atoms with Crippen molar-refractivity contribution < 1.29 is 0 Å². The lowest BCUT2D eigenvalue weighted by atomic mass is 9.77. The van der Waals surface area contributed by atoms with E-state index in [1.807, 2.05) is 13.1 Å². The molecule has 1 spiro atoms. The molecule has 1 aromatic heterocycles. The van der Waals surface area contributed by atoms with Crippen LogP contribution >= 0.6 is 11.3 Å². The molecule has 3 nitrogen and oxygen atoms in total. The SMILES string of the molecule is CC(N)c1cnc(N2CCC3(CCCC3)CC2)s1. The van der Waals surface area contributed by atoms with Gasteiger partial charge in [0, 0.05) is 30.2 Å². The quantitative estimate of drug-likeness (QED) is 0.892. The molecular formula is C14H23N3S. The third-order valence-corrected chi connectivity index (χ3v) is 5.98. The summed E-state index contributed by atoms with van der Waals surface area (Å²) in [6.45, 7) is 4.40. The van der Waals surface area contributed by atoms with Gasteiger partial charge in [0.2, 0.25) is 0 Å². The Hall–Kier alpha value is -0.610. The molecule has 4 heteroatoms. The number of nitrogens with two attached hydrogens (primary N) is 1. The van der Waals surface area contributed by atoms with Crippen molar-refractivity contribution in [3.05, 3.63) is 11.1 Å². The summed E-state index contributed by atoms with van der Waals surface area (Å²) in [4.78, 5) is 8.20. The summed E-state index contributed by atoms with van der Waals surface area (Å²) in [6.07, 6.45) is 10.5. The number of hydrogen-bond donors (Lipinski definition) is 1. The molecule has 1 atom stereocenters. The van der Waals surface area contributed by atoms with Crippen molar-refractivity contribution in [2.75, 3.05) is 18.0 Å². The third kappa shape index (κ3) is 2.28. The predicted molar refractivity (Wildman–Crippen MR) is 77.1 cm³/mol. The zero-order valence-corrected chi connectivity index (χ0v) is 12.0. The first kappa shape index (κ1) is 12.4. The summed E-state index contributed by atoms with van der Waals surface area (Å²) < 4.78 is 0. The molecule has 0 amide bonds. The van der Waals surface area contributed by atoms with Gasteiger partial charge in [-0.25, -0.2) is 4.98 Å². The Morgan fingerprint density at radius 2 is 1.94 bits per heavy atom. The Bertz CT molecular complexity index is 397. The molecule has 2 fully saturated rings. The molecule has 18 heavy (non-hydrogen) atoms. The van der Waals surface area contributed by atoms with Crippen molar-refractivity contribution in [2.24, 2.45) is 11.1 Å². The molecule has 2 heterocycles. The molecule has 2 N–H and O–H groups in total. The molecule has 1 aliphatic carbocycles. The van der Waals surface area contributed by atoms with E-state index in [0.29, 0.717) is 5.41 Å². The van der Waals surface area contributed by atoms with Gasteiger partial charge in [0.25, 0.3) is 0 Å². The summed E-state index contributed by atoms with van der Waals surface area (Å²) in [7, 11) is 0. The van der Waals surface area contributed by atoms with E-state index in [2.05, 4.69) is 9.88 Å². The van der Waals surface area contributed by atoms with Crippen molar-refractivity contribution >= 4 is 16.5 Å². The largest absolute Gasteiger partial charge is 0.348 e. The van der Waals surface area contributed by atoms with E-state index in [4.69, 9.17) is 5.73 Å². The highest BCUT2D eigenvalue weighted by atomic mass is 32.1. The molecule has 1 saturated carbocycles. The average Bonchev–Trinajstić information content (AvgIpc) is 3.00. The second kappa shape index (κ2) is 4.82. The van der Waals surface area contributed by atoms with Crippen molar-refractivity contribution in [2.45, 2.75) is 51.5 Å². The van der Waals surface area contributed by atoms with Gasteiger partial charge < -0.3 is 10.6 Å². The fourth-order valence-corrected chi connectivity index (χ4v) is 4.35. The maximum atomic E-state index is 5.90. The highest BCUT2D eigenvalue weighted by molar-refractivity contribution is 7.15. The summed E-state index contributed by atoms with van der Waals surface area (Å²) in [5.74, 6) is 0. The lowest BCUT2D eigenvalue weighted by Crippen LogP contribution is -2.38. The van der Waals surface area contributed by atoms with Gasteiger partial charge >= 0.3 is 0 Å². The standard InChI is InChI=1S/C14H23N3S/c1-11(15)12-10-16-13(18-12)17-8-6-14(7-9-17)4-2-3-5-14/h10-11H,2-9,15H2,1H3. The number of nitrogens with zero attached hydrogens (tertiary/aromatic N) is 2. The second-order valence-corrected chi connectivity index (χ2v) is 7.07. The lowest BCUT2D eigenvalue weighted by molar-refractivity contribution is 0.226. The van der Waals surface area contributed by atoms with Gasteiger partial charge in [-0.2, -0.15) is 0 Å². The number of thiazole rings is 1. The maximum absolute atomic E-state index is 5.90. The third-order valence-electron chi connectivity index (χ3n) is 4.72. The van der Waals surface area contributed by atoms with Crippen LogP contribution in [0.3, 0.4) is 0 Å². The first-order valence-electron chi connectivity index (χ1n) is 7.15. The Morgan fingerprint density at radius 1 is 1.28 bits per heavy atom. The van der Waals surface area contributed by atoms with E-state index < -0.39 is 0 Å². The van der Waals surface area contributed by atoms with E-state index in [1.165, 1.54) is 61.6 Å². The fourth-order valence-electron chi connectivity index (χ4n) is 3.43. The van der Waals surface area contributed by atoms with E-state index in [1.54, 1.807) is 11.3 Å². The number of aromatic nitrogens is 1. The Kier molecular flexibility index (Phi) is 3.32. The van der Waals surface area contributed by atoms with Crippen LogP contribution in [0.15, 0.2) is 6.20 Å². The van der Waals surface area contributed by atoms with Crippen molar-refractivity contribution in [3.63, 3.8) is 0 Å². The van der Waals surface area contributed by atoms with Gasteiger partial charge in [-0.1, -0.05) is 12.8 Å². The van der Waals surface area contributed by atoms with Crippen LogP contribution in [-0.4, -0.2) is 18.1 Å². The zero-order valence-electron chi connectivity index (χ0n) is 11.2. The van der Waals surface area contributed by atoms with Crippen LogP contribution in [0.5, 0.6) is 0 Å². The van der Waals surface area contributed by atoms with Crippen molar-refractivity contribution in [1.29, 1.82) is 0 Å². The Morgan fingerprint density at radius 3 is 2.50 bits per heavy atom. The fraction of sp³-hybridized carbons (Fsp3) is 0.786. The monoisotopic (exact) mass is 265 g/mol. The Labute approximate surface area is 113 Å². The molecule has 2 aliphatic rings. The molecule has 1 saturated heterocycles. The molecule has 1 aliphatic heterocycles. The first-order chi connectivity index (χ1) is 8.69. The number of piperidine rings is 1. The van der Waals surface area contributed by atoms with E-state index >= 15 is 0 Å². The van der Waals surface area contributed by atoms with Gasteiger partial charge in [0.15, 0.2) is 5.13 Å². The minimum absolute atomic E-state index is 0.113. The van der Waals surface area contributed by atoms with Gasteiger partial charge in [0.05, 0.1) is 0 Å². The average molecular weight is 265 g/mol. The number of rotatable bonds is 2. The highest BCUT2D eigenvalue weighted by Crippen LogP contribution is 2.46. The molecule has 0 radical (unpaired) electrons. The molecular weight excluding hydrogens is 242 g/mol. The van der Waals surface area contributed by atoms with Gasteiger partial charge in [0.1, 0.15) is 0 Å². The predicted octanol–water partition coefficient (Wildman–Crippen LogP) is 3.32. The van der Waals surface area contributed by atoms with Crippen molar-refractivity contribution in [3.8, 4) is 0 Å². The topological polar surface area (TPSA) is 42.1 Å². The summed E-state index contributed by atoms with van der Waals surface area (Å²) in [5.41, 5.74) is 6.60. The van der Waals surface area contributed by atoms with E-state index in [-0.39, 0.29) is 6.04 Å². The van der Waals surface area contributed by atoms with Gasteiger partial charge in [-0.3, -0.25) is 0 Å². The molecule has 1 aromatic rings.